The Morgan fingerprint density at radius 3 is 2.67 bits per heavy atom. The SMILES string of the molecule is COc1cccc(Sc2ccccn2)c1C(C)O. The van der Waals surface area contributed by atoms with Gasteiger partial charge in [0.05, 0.1) is 13.2 Å². The number of aromatic nitrogens is 1. The van der Waals surface area contributed by atoms with E-state index in [0.29, 0.717) is 5.75 Å². The highest BCUT2D eigenvalue weighted by Gasteiger charge is 2.15. The monoisotopic (exact) mass is 261 g/mol. The average molecular weight is 261 g/mol. The van der Waals surface area contributed by atoms with Gasteiger partial charge in [0, 0.05) is 16.7 Å². The predicted octanol–water partition coefficient (Wildman–Crippen LogP) is 3.29. The number of benzene rings is 1. The lowest BCUT2D eigenvalue weighted by atomic mass is 10.1. The Labute approximate surface area is 111 Å². The number of ether oxygens (including phenoxy) is 1. The first-order chi connectivity index (χ1) is 8.72. The lowest BCUT2D eigenvalue weighted by Crippen LogP contribution is -1.98. The molecule has 0 saturated heterocycles. The second kappa shape index (κ2) is 5.89. The first-order valence-corrected chi connectivity index (χ1v) is 6.48. The Morgan fingerprint density at radius 2 is 2.06 bits per heavy atom. The summed E-state index contributed by atoms with van der Waals surface area (Å²) in [6.45, 7) is 1.74. The van der Waals surface area contributed by atoms with Gasteiger partial charge in [-0.25, -0.2) is 4.98 Å². The van der Waals surface area contributed by atoms with Gasteiger partial charge in [0.1, 0.15) is 10.8 Å². The minimum Gasteiger partial charge on any atom is -0.496 e. The molecule has 4 heteroatoms. The first kappa shape index (κ1) is 12.9. The zero-order chi connectivity index (χ0) is 13.0. The zero-order valence-corrected chi connectivity index (χ0v) is 11.1. The number of nitrogens with zero attached hydrogens (tertiary/aromatic N) is 1. The highest BCUT2D eigenvalue weighted by molar-refractivity contribution is 7.99. The highest BCUT2D eigenvalue weighted by Crippen LogP contribution is 2.37. The third-order valence-corrected chi connectivity index (χ3v) is 3.54. The molecule has 1 N–H and O–H groups in total. The number of methoxy groups -OCH3 is 1. The molecule has 94 valence electrons. The normalized spacial score (nSPS) is 12.2. The third-order valence-electron chi connectivity index (χ3n) is 2.52. The van der Waals surface area contributed by atoms with Crippen LogP contribution < -0.4 is 4.74 Å². The zero-order valence-electron chi connectivity index (χ0n) is 10.3. The molecule has 0 aliphatic rings. The number of aliphatic hydroxyl groups is 1. The molecule has 1 aromatic heterocycles. The van der Waals surface area contributed by atoms with E-state index in [9.17, 15) is 5.11 Å². The summed E-state index contributed by atoms with van der Waals surface area (Å²) in [5.41, 5.74) is 0.802. The number of aliphatic hydroxyl groups excluding tert-OH is 1. The summed E-state index contributed by atoms with van der Waals surface area (Å²) in [6, 6.07) is 11.5. The lowest BCUT2D eigenvalue weighted by Gasteiger charge is -2.15. The molecule has 1 heterocycles. The molecule has 0 aliphatic carbocycles. The van der Waals surface area contributed by atoms with E-state index >= 15 is 0 Å². The van der Waals surface area contributed by atoms with Crippen LogP contribution in [0.15, 0.2) is 52.5 Å². The fourth-order valence-electron chi connectivity index (χ4n) is 1.72. The second-order valence-electron chi connectivity index (χ2n) is 3.82. The van der Waals surface area contributed by atoms with Gasteiger partial charge in [-0.15, -0.1) is 0 Å². The second-order valence-corrected chi connectivity index (χ2v) is 4.88. The van der Waals surface area contributed by atoms with Crippen LogP contribution in [-0.4, -0.2) is 17.2 Å². The maximum Gasteiger partial charge on any atom is 0.125 e. The molecule has 3 nitrogen and oxygen atoms in total. The van der Waals surface area contributed by atoms with Crippen molar-refractivity contribution < 1.29 is 9.84 Å². The molecule has 0 radical (unpaired) electrons. The summed E-state index contributed by atoms with van der Waals surface area (Å²) in [5.74, 6) is 0.700. The maximum atomic E-state index is 9.88. The summed E-state index contributed by atoms with van der Waals surface area (Å²) < 4.78 is 5.29. The topological polar surface area (TPSA) is 42.4 Å². The van der Waals surface area contributed by atoms with Crippen LogP contribution in [0, 0.1) is 0 Å². The first-order valence-electron chi connectivity index (χ1n) is 5.66. The Balaban J connectivity index is 2.38. The minimum atomic E-state index is -0.577. The van der Waals surface area contributed by atoms with Crippen LogP contribution in [0.3, 0.4) is 0 Å². The van der Waals surface area contributed by atoms with Crippen molar-refractivity contribution in [3.05, 3.63) is 48.2 Å². The molecule has 0 fully saturated rings. The van der Waals surface area contributed by atoms with Gasteiger partial charge < -0.3 is 9.84 Å². The third kappa shape index (κ3) is 2.83. The molecule has 18 heavy (non-hydrogen) atoms. The lowest BCUT2D eigenvalue weighted by molar-refractivity contribution is 0.191. The highest BCUT2D eigenvalue weighted by atomic mass is 32.2. The van der Waals surface area contributed by atoms with Gasteiger partial charge in [-0.3, -0.25) is 0 Å². The molecule has 1 aromatic carbocycles. The van der Waals surface area contributed by atoms with Crippen molar-refractivity contribution in [2.75, 3.05) is 7.11 Å². The largest absolute Gasteiger partial charge is 0.496 e. The summed E-state index contributed by atoms with van der Waals surface area (Å²) in [6.07, 6.45) is 1.18. The van der Waals surface area contributed by atoms with E-state index in [4.69, 9.17) is 4.74 Å². The minimum absolute atomic E-state index is 0.577. The molecule has 1 unspecified atom stereocenters. The van der Waals surface area contributed by atoms with Crippen molar-refractivity contribution in [3.63, 3.8) is 0 Å². The summed E-state index contributed by atoms with van der Waals surface area (Å²) >= 11 is 1.52. The van der Waals surface area contributed by atoms with E-state index in [0.717, 1.165) is 15.5 Å². The van der Waals surface area contributed by atoms with E-state index in [2.05, 4.69) is 4.98 Å². The Kier molecular flexibility index (Phi) is 4.23. The molecule has 0 spiro atoms. The Hall–Kier alpha value is -1.52. The van der Waals surface area contributed by atoms with Crippen LogP contribution >= 0.6 is 11.8 Å². The van der Waals surface area contributed by atoms with Crippen molar-refractivity contribution in [1.82, 2.24) is 4.98 Å². The molecular formula is C14H15NO2S. The maximum absolute atomic E-state index is 9.88. The molecule has 2 aromatic rings. The van der Waals surface area contributed by atoms with Gasteiger partial charge >= 0.3 is 0 Å². The van der Waals surface area contributed by atoms with Gasteiger partial charge in [-0.1, -0.05) is 23.9 Å². The van der Waals surface area contributed by atoms with E-state index in [1.54, 1.807) is 20.2 Å². The molecule has 0 aliphatic heterocycles. The van der Waals surface area contributed by atoms with Crippen LogP contribution in [-0.2, 0) is 0 Å². The smallest absolute Gasteiger partial charge is 0.125 e. The van der Waals surface area contributed by atoms with Gasteiger partial charge in [0.25, 0.3) is 0 Å². The fraction of sp³-hybridized carbons (Fsp3) is 0.214. The number of pyridine rings is 1. The van der Waals surface area contributed by atoms with Crippen LogP contribution in [0.25, 0.3) is 0 Å². The summed E-state index contributed by atoms with van der Waals surface area (Å²) in [7, 11) is 1.61. The van der Waals surface area contributed by atoms with Crippen molar-refractivity contribution in [3.8, 4) is 5.75 Å². The van der Waals surface area contributed by atoms with Gasteiger partial charge in [-0.2, -0.15) is 0 Å². The predicted molar refractivity (Wildman–Crippen MR) is 72.0 cm³/mol. The average Bonchev–Trinajstić information content (AvgIpc) is 2.39. The molecular weight excluding hydrogens is 246 g/mol. The van der Waals surface area contributed by atoms with Crippen molar-refractivity contribution in [1.29, 1.82) is 0 Å². The van der Waals surface area contributed by atoms with Crippen LogP contribution in [0.4, 0.5) is 0 Å². The molecule has 0 saturated carbocycles. The standard InChI is InChI=1S/C14H15NO2S/c1-10(16)14-11(17-2)6-5-7-12(14)18-13-8-3-4-9-15-13/h3-10,16H,1-2H3. The molecule has 0 amide bonds. The number of rotatable bonds is 4. The van der Waals surface area contributed by atoms with Crippen LogP contribution in [0.5, 0.6) is 5.75 Å². The number of hydrogen-bond acceptors (Lipinski definition) is 4. The van der Waals surface area contributed by atoms with E-state index in [1.165, 1.54) is 11.8 Å². The summed E-state index contributed by atoms with van der Waals surface area (Å²) in [4.78, 5) is 5.23. The van der Waals surface area contributed by atoms with E-state index in [-0.39, 0.29) is 0 Å². The Morgan fingerprint density at radius 1 is 1.22 bits per heavy atom. The fourth-order valence-corrected chi connectivity index (χ4v) is 2.74. The molecule has 2 rings (SSSR count). The van der Waals surface area contributed by atoms with Gasteiger partial charge in [0.2, 0.25) is 0 Å². The molecule has 1 atom stereocenters. The van der Waals surface area contributed by atoms with Crippen LogP contribution in [0.2, 0.25) is 0 Å². The van der Waals surface area contributed by atoms with Crippen LogP contribution in [0.1, 0.15) is 18.6 Å². The van der Waals surface area contributed by atoms with Gasteiger partial charge in [0.15, 0.2) is 0 Å². The number of hydrogen-bond donors (Lipinski definition) is 1. The van der Waals surface area contributed by atoms with Crippen molar-refractivity contribution in [2.45, 2.75) is 22.9 Å². The van der Waals surface area contributed by atoms with Crippen molar-refractivity contribution in [2.24, 2.45) is 0 Å². The van der Waals surface area contributed by atoms with Crippen molar-refractivity contribution >= 4 is 11.8 Å². The quantitative estimate of drug-likeness (QED) is 0.917. The van der Waals surface area contributed by atoms with E-state index < -0.39 is 6.10 Å². The molecule has 0 bridgehead atoms. The Bertz CT molecular complexity index is 514. The van der Waals surface area contributed by atoms with E-state index in [1.807, 2.05) is 36.4 Å². The van der Waals surface area contributed by atoms with Gasteiger partial charge in [-0.05, 0) is 31.2 Å². The summed E-state index contributed by atoms with van der Waals surface area (Å²) in [5, 5.41) is 10.8.